The molecule has 3 aliphatic heterocycles. The normalized spacial score (nSPS) is 20.1. The number of nitrogens with one attached hydrogen (secondary N) is 2. The third kappa shape index (κ3) is 7.91. The summed E-state index contributed by atoms with van der Waals surface area (Å²) in [7, 11) is 0. The zero-order chi connectivity index (χ0) is 28.3. The molecule has 1 atom stereocenters. The van der Waals surface area contributed by atoms with Gasteiger partial charge in [0.1, 0.15) is 0 Å². The molecule has 2 aromatic rings. The molecule has 2 fully saturated rings. The molecule has 2 aromatic carbocycles. The average molecular weight is 535 g/mol. The molecule has 0 spiro atoms. The van der Waals surface area contributed by atoms with Crippen LogP contribution in [-0.4, -0.2) is 61.9 Å². The Bertz CT molecular complexity index is 1060. The van der Waals surface area contributed by atoms with Crippen LogP contribution in [0.3, 0.4) is 0 Å². The number of fused-ring (bicyclic) bond motifs is 1. The van der Waals surface area contributed by atoms with Crippen molar-refractivity contribution in [1.29, 1.82) is 0 Å². The van der Waals surface area contributed by atoms with E-state index in [1.165, 1.54) is 5.56 Å². The Kier molecular flexibility index (Phi) is 11.5. The van der Waals surface area contributed by atoms with Gasteiger partial charge in [-0.1, -0.05) is 55.5 Å². The summed E-state index contributed by atoms with van der Waals surface area (Å²) in [5, 5.41) is 6.05. The number of aryl methyl sites for hydroxylation is 1. The number of anilines is 1. The van der Waals surface area contributed by atoms with Gasteiger partial charge in [0.15, 0.2) is 0 Å². The molecule has 3 aliphatic rings. The lowest BCUT2D eigenvalue weighted by Crippen LogP contribution is -2.48. The fourth-order valence-electron chi connectivity index (χ4n) is 5.46. The van der Waals surface area contributed by atoms with Crippen LogP contribution < -0.4 is 15.5 Å². The summed E-state index contributed by atoms with van der Waals surface area (Å²) in [5.74, 6) is 0.603. The summed E-state index contributed by atoms with van der Waals surface area (Å²) in [6.45, 7) is 12.2. The summed E-state index contributed by atoms with van der Waals surface area (Å²) in [6, 6.07) is 18.7. The van der Waals surface area contributed by atoms with E-state index < -0.39 is 5.41 Å². The lowest BCUT2D eigenvalue weighted by Gasteiger charge is -2.36. The quantitative estimate of drug-likeness (QED) is 0.561. The van der Waals surface area contributed by atoms with E-state index in [2.05, 4.69) is 41.8 Å². The first-order chi connectivity index (χ1) is 18.8. The van der Waals surface area contributed by atoms with Crippen LogP contribution in [-0.2, 0) is 26.2 Å². The van der Waals surface area contributed by atoms with Crippen molar-refractivity contribution in [1.82, 2.24) is 15.5 Å². The van der Waals surface area contributed by atoms with E-state index in [4.69, 9.17) is 0 Å². The van der Waals surface area contributed by atoms with E-state index in [0.29, 0.717) is 0 Å². The predicted octanol–water partition coefficient (Wildman–Crippen LogP) is 4.30. The number of rotatable bonds is 5. The average Bonchev–Trinajstić information content (AvgIpc) is 3.19. The number of piperidine rings is 2. The fourth-order valence-corrected chi connectivity index (χ4v) is 5.46. The lowest BCUT2D eigenvalue weighted by molar-refractivity contribution is -0.125. The summed E-state index contributed by atoms with van der Waals surface area (Å²) >= 11 is 0. The minimum atomic E-state index is -0.446. The van der Waals surface area contributed by atoms with Crippen LogP contribution in [0.2, 0.25) is 0 Å². The molecule has 0 aromatic heterocycles. The first-order valence-electron chi connectivity index (χ1n) is 14.5. The largest absolute Gasteiger partial charge is 0.356 e. The van der Waals surface area contributed by atoms with Gasteiger partial charge in [0.25, 0.3) is 0 Å². The van der Waals surface area contributed by atoms with Crippen molar-refractivity contribution in [2.75, 3.05) is 37.6 Å². The van der Waals surface area contributed by atoms with Crippen molar-refractivity contribution >= 4 is 23.9 Å². The molecule has 2 N–H and O–H groups in total. The van der Waals surface area contributed by atoms with Gasteiger partial charge >= 0.3 is 0 Å². The predicted molar refractivity (Wildman–Crippen MR) is 158 cm³/mol. The highest BCUT2D eigenvalue weighted by molar-refractivity contribution is 6.08. The SMILES string of the molecule is CC1(C)C(=O)N(C2CCN(C=O)CC2)c2ccccc21.CCNC(=O)C1CCCNC1.CCc1ccccc1. The second kappa shape index (κ2) is 14.8. The highest BCUT2D eigenvalue weighted by atomic mass is 16.2. The Labute approximate surface area is 234 Å². The number of carbonyl (C=O) groups is 3. The fraction of sp³-hybridized carbons (Fsp3) is 0.531. The van der Waals surface area contributed by atoms with E-state index in [9.17, 15) is 14.4 Å². The number of amides is 3. The van der Waals surface area contributed by atoms with Gasteiger partial charge in [-0.25, -0.2) is 0 Å². The Balaban J connectivity index is 0.000000185. The first-order valence-corrected chi connectivity index (χ1v) is 14.5. The second-order valence-corrected chi connectivity index (χ2v) is 11.0. The first kappa shape index (κ1) is 30.4. The molecule has 1 unspecified atom stereocenters. The zero-order valence-corrected chi connectivity index (χ0v) is 24.1. The van der Waals surface area contributed by atoms with E-state index in [-0.39, 0.29) is 23.8 Å². The molecule has 3 amide bonds. The third-order valence-corrected chi connectivity index (χ3v) is 7.87. The highest BCUT2D eigenvalue weighted by Crippen LogP contribution is 2.43. The molecule has 7 heteroatoms. The van der Waals surface area contributed by atoms with Gasteiger partial charge in [-0.15, -0.1) is 0 Å². The van der Waals surface area contributed by atoms with Gasteiger partial charge in [0, 0.05) is 37.9 Å². The summed E-state index contributed by atoms with van der Waals surface area (Å²) in [5.41, 5.74) is 3.13. The Morgan fingerprint density at radius 3 is 2.26 bits per heavy atom. The highest BCUT2D eigenvalue weighted by Gasteiger charge is 2.46. The molecule has 3 heterocycles. The second-order valence-electron chi connectivity index (χ2n) is 11.0. The topological polar surface area (TPSA) is 81.8 Å². The van der Waals surface area contributed by atoms with E-state index in [1.54, 1.807) is 4.90 Å². The van der Waals surface area contributed by atoms with Gasteiger partial charge < -0.3 is 20.4 Å². The van der Waals surface area contributed by atoms with Crippen LogP contribution in [0.4, 0.5) is 5.69 Å². The summed E-state index contributed by atoms with van der Waals surface area (Å²) in [4.78, 5) is 38.6. The maximum absolute atomic E-state index is 12.8. The van der Waals surface area contributed by atoms with Crippen LogP contribution >= 0.6 is 0 Å². The number of nitrogens with zero attached hydrogens (tertiary/aromatic N) is 2. The number of likely N-dealkylation sites (tertiary alicyclic amines) is 1. The van der Waals surface area contributed by atoms with Crippen molar-refractivity contribution in [3.63, 3.8) is 0 Å². The lowest BCUT2D eigenvalue weighted by atomic mass is 9.86. The number of hydrogen-bond acceptors (Lipinski definition) is 4. The number of para-hydroxylation sites is 1. The Hall–Kier alpha value is -3.19. The van der Waals surface area contributed by atoms with Crippen LogP contribution in [0.15, 0.2) is 54.6 Å². The summed E-state index contributed by atoms with van der Waals surface area (Å²) < 4.78 is 0. The molecule has 0 bridgehead atoms. The van der Waals surface area contributed by atoms with Gasteiger partial charge in [-0.2, -0.15) is 0 Å². The molecule has 7 nitrogen and oxygen atoms in total. The molecule has 39 heavy (non-hydrogen) atoms. The van der Waals surface area contributed by atoms with Crippen molar-refractivity contribution < 1.29 is 14.4 Å². The Morgan fingerprint density at radius 1 is 1.03 bits per heavy atom. The van der Waals surface area contributed by atoms with Crippen molar-refractivity contribution in [3.8, 4) is 0 Å². The minimum absolute atomic E-state index is 0.184. The maximum atomic E-state index is 12.8. The van der Waals surface area contributed by atoms with Crippen molar-refractivity contribution in [3.05, 3.63) is 65.7 Å². The van der Waals surface area contributed by atoms with Gasteiger partial charge in [0.05, 0.1) is 11.3 Å². The molecule has 0 radical (unpaired) electrons. The smallest absolute Gasteiger partial charge is 0.237 e. The molecule has 212 valence electrons. The standard InChI is InChI=1S/C16H20N2O2.C8H16N2O.C8H10/c1-16(2)13-5-3-4-6-14(13)18(15(16)20)12-7-9-17(11-19)10-8-12;1-2-10-8(11)7-4-3-5-9-6-7;1-2-8-6-4-3-5-7-8/h3-6,11-12H,7-10H2,1-2H3;7,9H,2-6H2,1H3,(H,10,11);3-7H,2H2,1H3. The van der Waals surface area contributed by atoms with Crippen molar-refractivity contribution in [2.45, 2.75) is 71.3 Å². The summed E-state index contributed by atoms with van der Waals surface area (Å²) in [6.07, 6.45) is 5.92. The Morgan fingerprint density at radius 2 is 1.69 bits per heavy atom. The molecule has 0 aliphatic carbocycles. The maximum Gasteiger partial charge on any atom is 0.237 e. The van der Waals surface area contributed by atoms with Gasteiger partial charge in [0.2, 0.25) is 18.2 Å². The molecular weight excluding hydrogens is 488 g/mol. The number of hydrogen-bond donors (Lipinski definition) is 2. The van der Waals surface area contributed by atoms with Gasteiger partial charge in [-0.3, -0.25) is 14.4 Å². The molecule has 2 saturated heterocycles. The zero-order valence-electron chi connectivity index (χ0n) is 24.1. The van der Waals surface area contributed by atoms with E-state index in [0.717, 1.165) is 82.5 Å². The number of benzene rings is 2. The molecule has 0 saturated carbocycles. The minimum Gasteiger partial charge on any atom is -0.356 e. The van der Waals surface area contributed by atoms with Crippen LogP contribution in [0.1, 0.15) is 64.5 Å². The monoisotopic (exact) mass is 534 g/mol. The van der Waals surface area contributed by atoms with Gasteiger partial charge in [-0.05, 0) is 76.6 Å². The van der Waals surface area contributed by atoms with Crippen LogP contribution in [0, 0.1) is 5.92 Å². The van der Waals surface area contributed by atoms with Crippen LogP contribution in [0.5, 0.6) is 0 Å². The third-order valence-electron chi connectivity index (χ3n) is 7.87. The number of carbonyl (C=O) groups excluding carboxylic acids is 3. The van der Waals surface area contributed by atoms with E-state index in [1.807, 2.05) is 56.0 Å². The van der Waals surface area contributed by atoms with E-state index >= 15 is 0 Å². The van der Waals surface area contributed by atoms with Crippen LogP contribution in [0.25, 0.3) is 0 Å². The van der Waals surface area contributed by atoms with Crippen molar-refractivity contribution in [2.24, 2.45) is 5.92 Å². The molecule has 5 rings (SSSR count). The molecular formula is C32H46N4O3.